The van der Waals surface area contributed by atoms with Gasteiger partial charge < -0.3 is 15.7 Å². The maximum Gasteiger partial charge on any atom is 0.251 e. The zero-order valence-electron chi connectivity index (χ0n) is 10.3. The third-order valence-electron chi connectivity index (χ3n) is 3.72. The summed E-state index contributed by atoms with van der Waals surface area (Å²) in [5, 5.41) is 15.8. The number of aliphatic hydroxyl groups is 1. The minimum absolute atomic E-state index is 0.0931. The zero-order chi connectivity index (χ0) is 12.5. The smallest absolute Gasteiger partial charge is 0.251 e. The number of fused-ring (bicyclic) bond motifs is 1. The van der Waals surface area contributed by atoms with Crippen molar-refractivity contribution in [2.45, 2.75) is 25.4 Å². The average Bonchev–Trinajstić information content (AvgIpc) is 3.13. The number of aliphatic hydroxyl groups excluding tert-OH is 1. The van der Waals surface area contributed by atoms with Crippen LogP contribution in [0.15, 0.2) is 18.2 Å². The lowest BCUT2D eigenvalue weighted by molar-refractivity contribution is 0.0901. The first-order valence-corrected chi connectivity index (χ1v) is 6.57. The van der Waals surface area contributed by atoms with Crippen LogP contribution in [-0.2, 0) is 6.42 Å². The average molecular weight is 246 g/mol. The summed E-state index contributed by atoms with van der Waals surface area (Å²) in [5.74, 6) is 0.305. The molecule has 96 valence electrons. The van der Waals surface area contributed by atoms with Crippen molar-refractivity contribution in [1.29, 1.82) is 0 Å². The zero-order valence-corrected chi connectivity index (χ0v) is 10.3. The summed E-state index contributed by atoms with van der Waals surface area (Å²) in [7, 11) is 0. The number of hydrogen-bond acceptors (Lipinski definition) is 3. The summed E-state index contributed by atoms with van der Waals surface area (Å²) in [6, 6.07) is 5.72. The highest BCUT2D eigenvalue weighted by molar-refractivity contribution is 5.95. The molecule has 1 saturated carbocycles. The second kappa shape index (κ2) is 4.61. The fraction of sp³-hybridized carbons (Fsp3) is 0.500. The number of amides is 1. The molecule has 1 aliphatic carbocycles. The Morgan fingerprint density at radius 3 is 3.11 bits per heavy atom. The van der Waals surface area contributed by atoms with E-state index in [1.807, 2.05) is 18.2 Å². The first kappa shape index (κ1) is 11.5. The number of hydrogen-bond donors (Lipinski definition) is 3. The Morgan fingerprint density at radius 2 is 2.33 bits per heavy atom. The second-order valence-corrected chi connectivity index (χ2v) is 5.16. The Hall–Kier alpha value is -1.55. The van der Waals surface area contributed by atoms with Gasteiger partial charge in [0.2, 0.25) is 0 Å². The van der Waals surface area contributed by atoms with E-state index < -0.39 is 0 Å². The molecule has 1 aliphatic heterocycles. The van der Waals surface area contributed by atoms with Gasteiger partial charge in [0, 0.05) is 24.3 Å². The predicted molar refractivity (Wildman–Crippen MR) is 69.7 cm³/mol. The molecule has 1 fully saturated rings. The molecular weight excluding hydrogens is 228 g/mol. The molecule has 1 atom stereocenters. The van der Waals surface area contributed by atoms with Crippen LogP contribution in [0, 0.1) is 5.92 Å². The van der Waals surface area contributed by atoms with Crippen LogP contribution < -0.4 is 10.6 Å². The number of anilines is 1. The Morgan fingerprint density at radius 1 is 1.50 bits per heavy atom. The first-order valence-electron chi connectivity index (χ1n) is 6.57. The molecule has 4 nitrogen and oxygen atoms in total. The van der Waals surface area contributed by atoms with Gasteiger partial charge >= 0.3 is 0 Å². The summed E-state index contributed by atoms with van der Waals surface area (Å²) >= 11 is 0. The Bertz CT molecular complexity index is 469. The van der Waals surface area contributed by atoms with Crippen LogP contribution in [0.1, 0.15) is 28.8 Å². The second-order valence-electron chi connectivity index (χ2n) is 5.16. The molecule has 18 heavy (non-hydrogen) atoms. The van der Waals surface area contributed by atoms with Gasteiger partial charge in [-0.15, -0.1) is 0 Å². The van der Waals surface area contributed by atoms with Crippen LogP contribution in [-0.4, -0.2) is 30.2 Å². The molecule has 3 rings (SSSR count). The van der Waals surface area contributed by atoms with Crippen molar-refractivity contribution >= 4 is 11.6 Å². The predicted octanol–water partition coefficient (Wildman–Crippen LogP) is 1.16. The maximum atomic E-state index is 11.9. The minimum Gasteiger partial charge on any atom is -0.391 e. The monoisotopic (exact) mass is 246 g/mol. The fourth-order valence-electron chi connectivity index (χ4n) is 2.39. The van der Waals surface area contributed by atoms with Gasteiger partial charge in [-0.25, -0.2) is 0 Å². The SMILES string of the molecule is O=C(NCC(O)C1CC1)c1ccc2c(c1)CCN2. The third-order valence-corrected chi connectivity index (χ3v) is 3.72. The molecule has 1 aromatic carbocycles. The summed E-state index contributed by atoms with van der Waals surface area (Å²) in [6.45, 7) is 1.31. The van der Waals surface area contributed by atoms with Crippen LogP contribution in [0.5, 0.6) is 0 Å². The van der Waals surface area contributed by atoms with Crippen molar-refractivity contribution in [3.63, 3.8) is 0 Å². The van der Waals surface area contributed by atoms with E-state index in [0.29, 0.717) is 18.0 Å². The van der Waals surface area contributed by atoms with E-state index in [9.17, 15) is 9.90 Å². The Labute approximate surface area is 106 Å². The first-order chi connectivity index (χ1) is 8.74. The van der Waals surface area contributed by atoms with Crippen molar-refractivity contribution in [3.05, 3.63) is 29.3 Å². The Balaban J connectivity index is 1.61. The van der Waals surface area contributed by atoms with Gasteiger partial charge in [-0.3, -0.25) is 4.79 Å². The van der Waals surface area contributed by atoms with Gasteiger partial charge in [0.25, 0.3) is 5.91 Å². The lowest BCUT2D eigenvalue weighted by Gasteiger charge is -2.11. The molecule has 0 spiro atoms. The summed E-state index contributed by atoms with van der Waals surface area (Å²) < 4.78 is 0. The van der Waals surface area contributed by atoms with Crippen LogP contribution in [0.2, 0.25) is 0 Å². The van der Waals surface area contributed by atoms with Gasteiger partial charge in [0.15, 0.2) is 0 Å². The van der Waals surface area contributed by atoms with E-state index in [4.69, 9.17) is 0 Å². The van der Waals surface area contributed by atoms with Crippen molar-refractivity contribution in [2.75, 3.05) is 18.4 Å². The van der Waals surface area contributed by atoms with Gasteiger partial charge in [0.1, 0.15) is 0 Å². The van der Waals surface area contributed by atoms with E-state index in [-0.39, 0.29) is 12.0 Å². The highest BCUT2D eigenvalue weighted by Gasteiger charge is 2.29. The number of carbonyl (C=O) groups excluding carboxylic acids is 1. The largest absolute Gasteiger partial charge is 0.391 e. The van der Waals surface area contributed by atoms with Crippen molar-refractivity contribution in [2.24, 2.45) is 5.92 Å². The lowest BCUT2D eigenvalue weighted by atomic mass is 10.1. The fourth-order valence-corrected chi connectivity index (χ4v) is 2.39. The van der Waals surface area contributed by atoms with Crippen LogP contribution in [0.3, 0.4) is 0 Å². The molecule has 0 aromatic heterocycles. The van der Waals surface area contributed by atoms with E-state index in [1.165, 1.54) is 5.56 Å². The van der Waals surface area contributed by atoms with E-state index >= 15 is 0 Å². The molecule has 1 heterocycles. The highest BCUT2D eigenvalue weighted by atomic mass is 16.3. The van der Waals surface area contributed by atoms with Crippen LogP contribution >= 0.6 is 0 Å². The third kappa shape index (κ3) is 2.34. The summed E-state index contributed by atoms with van der Waals surface area (Å²) in [6.07, 6.45) is 2.76. The van der Waals surface area contributed by atoms with Crippen molar-refractivity contribution in [1.82, 2.24) is 5.32 Å². The lowest BCUT2D eigenvalue weighted by Crippen LogP contribution is -2.33. The molecule has 4 heteroatoms. The van der Waals surface area contributed by atoms with E-state index in [2.05, 4.69) is 10.6 Å². The topological polar surface area (TPSA) is 61.4 Å². The standard InChI is InChI=1S/C14H18N2O2/c17-13(9-1-2-9)8-16-14(18)11-3-4-12-10(7-11)5-6-15-12/h3-4,7,9,13,15,17H,1-2,5-6,8H2,(H,16,18). The number of carbonyl (C=O) groups is 1. The number of nitrogens with one attached hydrogen (secondary N) is 2. The van der Waals surface area contributed by atoms with E-state index in [1.54, 1.807) is 0 Å². The Kier molecular flexibility index (Phi) is 2.96. The van der Waals surface area contributed by atoms with E-state index in [0.717, 1.165) is 31.5 Å². The van der Waals surface area contributed by atoms with Gasteiger partial charge in [0.05, 0.1) is 6.10 Å². The van der Waals surface area contributed by atoms with Crippen molar-refractivity contribution in [3.8, 4) is 0 Å². The molecule has 0 radical (unpaired) electrons. The molecular formula is C14H18N2O2. The molecule has 1 aromatic rings. The van der Waals surface area contributed by atoms with Gasteiger partial charge in [-0.1, -0.05) is 0 Å². The van der Waals surface area contributed by atoms with Crippen molar-refractivity contribution < 1.29 is 9.90 Å². The molecule has 1 unspecified atom stereocenters. The molecule has 0 saturated heterocycles. The molecule has 2 aliphatic rings. The summed E-state index contributed by atoms with van der Waals surface area (Å²) in [4.78, 5) is 11.9. The van der Waals surface area contributed by atoms with Crippen LogP contribution in [0.25, 0.3) is 0 Å². The minimum atomic E-state index is -0.384. The maximum absolute atomic E-state index is 11.9. The van der Waals surface area contributed by atoms with Gasteiger partial charge in [-0.2, -0.15) is 0 Å². The molecule has 0 bridgehead atoms. The molecule has 3 N–H and O–H groups in total. The number of benzene rings is 1. The van der Waals surface area contributed by atoms with Crippen LogP contribution in [0.4, 0.5) is 5.69 Å². The number of rotatable bonds is 4. The quantitative estimate of drug-likeness (QED) is 0.747. The normalized spacial score (nSPS) is 18.9. The highest BCUT2D eigenvalue weighted by Crippen LogP contribution is 2.32. The van der Waals surface area contributed by atoms with Gasteiger partial charge in [-0.05, 0) is 48.9 Å². The summed E-state index contributed by atoms with van der Waals surface area (Å²) in [5.41, 5.74) is 3.01. The molecule has 1 amide bonds.